The summed E-state index contributed by atoms with van der Waals surface area (Å²) in [5, 5.41) is 18.0. The van der Waals surface area contributed by atoms with E-state index >= 15 is 0 Å². The third kappa shape index (κ3) is 3.90. The molecular weight excluding hydrogens is 250 g/mol. The fourth-order valence-electron chi connectivity index (χ4n) is 2.33. The van der Waals surface area contributed by atoms with Gasteiger partial charge in [-0.2, -0.15) is 0 Å². The van der Waals surface area contributed by atoms with E-state index < -0.39 is 0 Å². The van der Waals surface area contributed by atoms with Gasteiger partial charge in [0.25, 0.3) is 0 Å². The van der Waals surface area contributed by atoms with E-state index in [4.69, 9.17) is 0 Å². The Bertz CT molecular complexity index is 495. The van der Waals surface area contributed by atoms with E-state index in [0.29, 0.717) is 0 Å². The zero-order chi connectivity index (χ0) is 14.2. The molecule has 0 saturated heterocycles. The molecule has 1 aromatic carbocycles. The fraction of sp³-hybridized carbons (Fsp3) is 0.500. The van der Waals surface area contributed by atoms with Crippen molar-refractivity contribution in [2.24, 2.45) is 0 Å². The number of hydrogen-bond donors (Lipinski definition) is 1. The van der Waals surface area contributed by atoms with Crippen LogP contribution < -0.4 is 0 Å². The first-order valence-electron chi connectivity index (χ1n) is 7.41. The van der Waals surface area contributed by atoms with Crippen LogP contribution in [0.4, 0.5) is 0 Å². The van der Waals surface area contributed by atoms with Gasteiger partial charge in [-0.15, -0.1) is 5.10 Å². The lowest BCUT2D eigenvalue weighted by Gasteiger charge is -2.13. The van der Waals surface area contributed by atoms with Crippen LogP contribution in [0.15, 0.2) is 36.5 Å². The Kier molecular flexibility index (Phi) is 5.74. The third-order valence-corrected chi connectivity index (χ3v) is 3.52. The monoisotopic (exact) mass is 273 g/mol. The van der Waals surface area contributed by atoms with Gasteiger partial charge in [-0.1, -0.05) is 61.7 Å². The van der Waals surface area contributed by atoms with Crippen molar-refractivity contribution in [3.8, 4) is 0 Å². The molecule has 1 aromatic heterocycles. The van der Waals surface area contributed by atoms with Crippen molar-refractivity contribution < 1.29 is 5.11 Å². The highest BCUT2D eigenvalue weighted by Gasteiger charge is 2.14. The molecule has 0 radical (unpaired) electrons. The minimum Gasteiger partial charge on any atom is -0.394 e. The standard InChI is InChI=1S/C16H23N3O/c1-2-3-4-8-11-15-12-19(18-17-15)16(13-20)14-9-6-5-7-10-14/h5-7,9-10,12,16,20H,2-4,8,11,13H2,1H3. The minimum atomic E-state index is -0.145. The van der Waals surface area contributed by atoms with Crippen LogP contribution in [0.2, 0.25) is 0 Å². The Hall–Kier alpha value is -1.68. The second kappa shape index (κ2) is 7.80. The van der Waals surface area contributed by atoms with Gasteiger partial charge >= 0.3 is 0 Å². The van der Waals surface area contributed by atoms with Gasteiger partial charge in [0.15, 0.2) is 0 Å². The normalized spacial score (nSPS) is 12.5. The van der Waals surface area contributed by atoms with Gasteiger partial charge in [-0.3, -0.25) is 0 Å². The molecule has 4 nitrogen and oxygen atoms in total. The molecule has 1 unspecified atom stereocenters. The van der Waals surface area contributed by atoms with Crippen LogP contribution in [0, 0.1) is 0 Å². The van der Waals surface area contributed by atoms with E-state index in [1.807, 2.05) is 36.5 Å². The summed E-state index contributed by atoms with van der Waals surface area (Å²) in [6, 6.07) is 9.78. The van der Waals surface area contributed by atoms with Crippen LogP contribution >= 0.6 is 0 Å². The molecule has 1 heterocycles. The maximum Gasteiger partial charge on any atom is 0.102 e. The van der Waals surface area contributed by atoms with Crippen molar-refractivity contribution in [2.75, 3.05) is 6.61 Å². The van der Waals surface area contributed by atoms with E-state index in [-0.39, 0.29) is 12.6 Å². The highest BCUT2D eigenvalue weighted by atomic mass is 16.3. The van der Waals surface area contributed by atoms with Gasteiger partial charge in [0, 0.05) is 6.20 Å². The number of rotatable bonds is 8. The molecule has 0 aliphatic rings. The molecule has 0 aliphatic heterocycles. The average Bonchev–Trinajstić information content (AvgIpc) is 2.94. The summed E-state index contributed by atoms with van der Waals surface area (Å²) >= 11 is 0. The Morgan fingerprint density at radius 1 is 1.15 bits per heavy atom. The SMILES string of the molecule is CCCCCCc1cn(C(CO)c2ccccc2)nn1. The lowest BCUT2D eigenvalue weighted by atomic mass is 10.1. The first-order valence-corrected chi connectivity index (χ1v) is 7.41. The van der Waals surface area contributed by atoms with E-state index in [2.05, 4.69) is 17.2 Å². The largest absolute Gasteiger partial charge is 0.394 e. The smallest absolute Gasteiger partial charge is 0.102 e. The summed E-state index contributed by atoms with van der Waals surface area (Å²) < 4.78 is 1.77. The number of aliphatic hydroxyl groups is 1. The molecule has 2 rings (SSSR count). The van der Waals surface area contributed by atoms with Crippen LogP contribution in [0.3, 0.4) is 0 Å². The van der Waals surface area contributed by atoms with E-state index in [0.717, 1.165) is 24.1 Å². The molecular formula is C16H23N3O. The highest BCUT2D eigenvalue weighted by molar-refractivity contribution is 5.19. The van der Waals surface area contributed by atoms with Crippen LogP contribution in [-0.4, -0.2) is 26.7 Å². The highest BCUT2D eigenvalue weighted by Crippen LogP contribution is 2.17. The number of nitrogens with zero attached hydrogens (tertiary/aromatic N) is 3. The van der Waals surface area contributed by atoms with Crippen LogP contribution in [0.1, 0.15) is 49.9 Å². The van der Waals surface area contributed by atoms with Crippen LogP contribution in [0.5, 0.6) is 0 Å². The predicted molar refractivity (Wildman–Crippen MR) is 79.5 cm³/mol. The van der Waals surface area contributed by atoms with Crippen molar-refractivity contribution in [3.05, 3.63) is 47.8 Å². The van der Waals surface area contributed by atoms with Gasteiger partial charge in [0.05, 0.1) is 12.3 Å². The molecule has 0 amide bonds. The van der Waals surface area contributed by atoms with Crippen LogP contribution in [0.25, 0.3) is 0 Å². The summed E-state index contributed by atoms with van der Waals surface area (Å²) in [6.07, 6.45) is 7.84. The van der Waals surface area contributed by atoms with Crippen molar-refractivity contribution in [3.63, 3.8) is 0 Å². The van der Waals surface area contributed by atoms with Gasteiger partial charge in [-0.05, 0) is 18.4 Å². The van der Waals surface area contributed by atoms with E-state index in [9.17, 15) is 5.11 Å². The minimum absolute atomic E-state index is 0.0304. The predicted octanol–water partition coefficient (Wildman–Crippen LogP) is 2.98. The summed E-state index contributed by atoms with van der Waals surface area (Å²) in [4.78, 5) is 0. The lowest BCUT2D eigenvalue weighted by molar-refractivity contribution is 0.239. The lowest BCUT2D eigenvalue weighted by Crippen LogP contribution is -2.15. The van der Waals surface area contributed by atoms with Crippen molar-refractivity contribution >= 4 is 0 Å². The zero-order valence-corrected chi connectivity index (χ0v) is 12.1. The van der Waals surface area contributed by atoms with E-state index in [1.165, 1.54) is 19.3 Å². The van der Waals surface area contributed by atoms with Crippen molar-refractivity contribution in [2.45, 2.75) is 45.1 Å². The van der Waals surface area contributed by atoms with Gasteiger partial charge < -0.3 is 5.11 Å². The summed E-state index contributed by atoms with van der Waals surface area (Å²) in [7, 11) is 0. The molecule has 4 heteroatoms. The van der Waals surface area contributed by atoms with Gasteiger partial charge in [0.1, 0.15) is 6.04 Å². The third-order valence-electron chi connectivity index (χ3n) is 3.52. The molecule has 2 aromatic rings. The maximum absolute atomic E-state index is 9.60. The second-order valence-electron chi connectivity index (χ2n) is 5.11. The zero-order valence-electron chi connectivity index (χ0n) is 12.1. The first-order chi connectivity index (χ1) is 9.85. The van der Waals surface area contributed by atoms with Gasteiger partial charge in [0.2, 0.25) is 0 Å². The number of aliphatic hydroxyl groups excluding tert-OH is 1. The summed E-state index contributed by atoms with van der Waals surface area (Å²) in [6.45, 7) is 2.24. The molecule has 0 fully saturated rings. The number of aryl methyl sites for hydroxylation is 1. The molecule has 108 valence electrons. The summed E-state index contributed by atoms with van der Waals surface area (Å²) in [5.74, 6) is 0. The Balaban J connectivity index is 1.99. The maximum atomic E-state index is 9.60. The molecule has 20 heavy (non-hydrogen) atoms. The molecule has 1 N–H and O–H groups in total. The topological polar surface area (TPSA) is 50.9 Å². The Labute approximate surface area is 120 Å². The van der Waals surface area contributed by atoms with E-state index in [1.54, 1.807) is 4.68 Å². The molecule has 0 bridgehead atoms. The quantitative estimate of drug-likeness (QED) is 0.752. The molecule has 1 atom stereocenters. The van der Waals surface area contributed by atoms with Crippen molar-refractivity contribution in [1.29, 1.82) is 0 Å². The number of unbranched alkanes of at least 4 members (excludes halogenated alkanes) is 3. The molecule has 0 aliphatic carbocycles. The molecule has 0 saturated carbocycles. The second-order valence-corrected chi connectivity index (χ2v) is 5.11. The average molecular weight is 273 g/mol. The van der Waals surface area contributed by atoms with Crippen molar-refractivity contribution in [1.82, 2.24) is 15.0 Å². The molecule has 0 spiro atoms. The number of hydrogen-bond acceptors (Lipinski definition) is 3. The fourth-order valence-corrected chi connectivity index (χ4v) is 2.33. The van der Waals surface area contributed by atoms with Gasteiger partial charge in [-0.25, -0.2) is 4.68 Å². The summed E-state index contributed by atoms with van der Waals surface area (Å²) in [5.41, 5.74) is 2.06. The number of aromatic nitrogens is 3. The Morgan fingerprint density at radius 2 is 1.95 bits per heavy atom. The number of benzene rings is 1. The van der Waals surface area contributed by atoms with Crippen LogP contribution in [-0.2, 0) is 6.42 Å². The first kappa shape index (κ1) is 14.7. The Morgan fingerprint density at radius 3 is 2.65 bits per heavy atom.